The molecule has 0 radical (unpaired) electrons. The second kappa shape index (κ2) is 11.4. The van der Waals surface area contributed by atoms with Crippen LogP contribution in [-0.2, 0) is 6.61 Å². The molecule has 3 rings (SSSR count). The summed E-state index contributed by atoms with van der Waals surface area (Å²) in [4.78, 5) is 22.5. The summed E-state index contributed by atoms with van der Waals surface area (Å²) >= 11 is 9.31. The monoisotopic (exact) mass is 531 g/mol. The van der Waals surface area contributed by atoms with Crippen LogP contribution >= 0.6 is 27.5 Å². The van der Waals surface area contributed by atoms with Crippen molar-refractivity contribution in [3.8, 4) is 11.5 Å². The number of nitro benzene ring substituents is 1. The van der Waals surface area contributed by atoms with Gasteiger partial charge in [0.05, 0.1) is 22.2 Å². The highest BCUT2D eigenvalue weighted by atomic mass is 79.9. The van der Waals surface area contributed by atoms with Crippen molar-refractivity contribution in [1.82, 2.24) is 5.43 Å². The molecule has 1 amide bonds. The molecule has 1 N–H and O–H groups in total. The number of nitro groups is 1. The van der Waals surface area contributed by atoms with Crippen LogP contribution in [0.2, 0.25) is 5.02 Å². The van der Waals surface area contributed by atoms with Crippen molar-refractivity contribution in [2.45, 2.75) is 13.5 Å². The van der Waals surface area contributed by atoms with E-state index in [9.17, 15) is 14.9 Å². The average Bonchev–Trinajstić information content (AvgIpc) is 2.79. The van der Waals surface area contributed by atoms with E-state index < -0.39 is 4.92 Å². The number of nitrogens with zero attached hydrogens (tertiary/aromatic N) is 2. The zero-order valence-electron chi connectivity index (χ0n) is 17.5. The second-order valence-corrected chi connectivity index (χ2v) is 7.97. The molecule has 0 fully saturated rings. The standard InChI is InChI=1S/C23H19BrClN3O5/c1-2-32-21-12-16(13-26-27-23(29)17-5-7-18(25)8-6-17)11-20(24)22(21)33-14-15-3-9-19(10-4-15)28(30)31/h3-13H,2,14H2,1H3,(H,27,29)/b26-13-. The van der Waals surface area contributed by atoms with Crippen molar-refractivity contribution in [3.63, 3.8) is 0 Å². The third-order valence-corrected chi connectivity index (χ3v) is 5.19. The lowest BCUT2D eigenvalue weighted by molar-refractivity contribution is -0.384. The first-order valence-electron chi connectivity index (χ1n) is 9.79. The summed E-state index contributed by atoms with van der Waals surface area (Å²) in [5.41, 5.74) is 4.35. The third-order valence-electron chi connectivity index (χ3n) is 4.35. The van der Waals surface area contributed by atoms with Crippen molar-refractivity contribution in [2.24, 2.45) is 5.10 Å². The van der Waals surface area contributed by atoms with Crippen molar-refractivity contribution in [3.05, 3.63) is 97.0 Å². The highest BCUT2D eigenvalue weighted by molar-refractivity contribution is 9.10. The fourth-order valence-electron chi connectivity index (χ4n) is 2.77. The normalized spacial score (nSPS) is 10.8. The molecular weight excluding hydrogens is 514 g/mol. The van der Waals surface area contributed by atoms with Gasteiger partial charge < -0.3 is 9.47 Å². The molecule has 0 bridgehead atoms. The minimum Gasteiger partial charge on any atom is -0.490 e. The number of rotatable bonds is 9. The number of hydrogen-bond acceptors (Lipinski definition) is 6. The van der Waals surface area contributed by atoms with Crippen LogP contribution in [0.3, 0.4) is 0 Å². The molecule has 3 aromatic rings. The topological polar surface area (TPSA) is 103 Å². The molecule has 0 saturated carbocycles. The second-order valence-electron chi connectivity index (χ2n) is 6.68. The average molecular weight is 533 g/mol. The van der Waals surface area contributed by atoms with Crippen molar-refractivity contribution >= 4 is 45.3 Å². The van der Waals surface area contributed by atoms with E-state index in [0.717, 1.165) is 5.56 Å². The Bertz CT molecular complexity index is 1170. The van der Waals surface area contributed by atoms with Crippen LogP contribution in [0.25, 0.3) is 0 Å². The molecule has 10 heteroatoms. The van der Waals surface area contributed by atoms with Gasteiger partial charge in [-0.05, 0) is 82.5 Å². The van der Waals surface area contributed by atoms with Gasteiger partial charge in [-0.1, -0.05) is 11.6 Å². The SMILES string of the molecule is CCOc1cc(/C=N\NC(=O)c2ccc(Cl)cc2)cc(Br)c1OCc1ccc([N+](=O)[O-])cc1. The molecule has 0 aliphatic rings. The molecule has 0 aliphatic carbocycles. The molecule has 0 atom stereocenters. The minimum atomic E-state index is -0.452. The largest absolute Gasteiger partial charge is 0.490 e. The first-order chi connectivity index (χ1) is 15.9. The van der Waals surface area contributed by atoms with Gasteiger partial charge in [0.2, 0.25) is 0 Å². The summed E-state index contributed by atoms with van der Waals surface area (Å²) in [7, 11) is 0. The molecule has 0 unspecified atom stereocenters. The minimum absolute atomic E-state index is 0.0155. The maximum absolute atomic E-state index is 12.2. The van der Waals surface area contributed by atoms with E-state index in [2.05, 4.69) is 26.5 Å². The van der Waals surface area contributed by atoms with Crippen LogP contribution in [0.5, 0.6) is 11.5 Å². The van der Waals surface area contributed by atoms with Gasteiger partial charge in [-0.25, -0.2) is 5.43 Å². The van der Waals surface area contributed by atoms with Crippen molar-refractivity contribution in [1.29, 1.82) is 0 Å². The Morgan fingerprint density at radius 3 is 2.48 bits per heavy atom. The molecule has 170 valence electrons. The summed E-state index contributed by atoms with van der Waals surface area (Å²) in [6.45, 7) is 2.45. The number of nitrogens with one attached hydrogen (secondary N) is 1. The van der Waals surface area contributed by atoms with E-state index in [1.54, 1.807) is 48.5 Å². The fourth-order valence-corrected chi connectivity index (χ4v) is 3.47. The van der Waals surface area contributed by atoms with E-state index in [0.29, 0.717) is 38.7 Å². The van der Waals surface area contributed by atoms with Crippen LogP contribution in [0, 0.1) is 10.1 Å². The quantitative estimate of drug-likeness (QED) is 0.215. The maximum atomic E-state index is 12.2. The fraction of sp³-hybridized carbons (Fsp3) is 0.130. The number of halogens is 2. The molecule has 8 nitrogen and oxygen atoms in total. The van der Waals surface area contributed by atoms with Crippen LogP contribution < -0.4 is 14.9 Å². The van der Waals surface area contributed by atoms with Crippen LogP contribution in [-0.4, -0.2) is 23.7 Å². The van der Waals surface area contributed by atoms with E-state index in [1.807, 2.05) is 6.92 Å². The Labute approximate surface area is 203 Å². The summed E-state index contributed by atoms with van der Waals surface area (Å²) in [6.07, 6.45) is 1.49. The lowest BCUT2D eigenvalue weighted by Crippen LogP contribution is -2.17. The zero-order valence-corrected chi connectivity index (χ0v) is 19.8. The van der Waals surface area contributed by atoms with Gasteiger partial charge >= 0.3 is 0 Å². The number of hydrazone groups is 1. The number of hydrogen-bond donors (Lipinski definition) is 1. The Balaban J connectivity index is 1.70. The van der Waals surface area contributed by atoms with Gasteiger partial charge in [-0.3, -0.25) is 14.9 Å². The Hall–Kier alpha value is -3.43. The third kappa shape index (κ3) is 6.77. The van der Waals surface area contributed by atoms with E-state index in [1.165, 1.54) is 18.3 Å². The summed E-state index contributed by atoms with van der Waals surface area (Å²) < 4.78 is 12.2. The van der Waals surface area contributed by atoms with E-state index in [4.69, 9.17) is 21.1 Å². The Kier molecular flexibility index (Phi) is 8.39. The molecule has 0 aromatic heterocycles. The molecule has 0 aliphatic heterocycles. The van der Waals surface area contributed by atoms with E-state index >= 15 is 0 Å². The molecule has 33 heavy (non-hydrogen) atoms. The van der Waals surface area contributed by atoms with Crippen LogP contribution in [0.4, 0.5) is 5.69 Å². The maximum Gasteiger partial charge on any atom is 0.271 e. The highest BCUT2D eigenvalue weighted by Crippen LogP contribution is 2.37. The van der Waals surface area contributed by atoms with Crippen molar-refractivity contribution < 1.29 is 19.2 Å². The van der Waals surface area contributed by atoms with Gasteiger partial charge in [0, 0.05) is 22.7 Å². The summed E-state index contributed by atoms with van der Waals surface area (Å²) in [6, 6.07) is 16.1. The van der Waals surface area contributed by atoms with Gasteiger partial charge in [0.25, 0.3) is 11.6 Å². The van der Waals surface area contributed by atoms with Gasteiger partial charge in [-0.2, -0.15) is 5.10 Å². The van der Waals surface area contributed by atoms with Crippen LogP contribution in [0.1, 0.15) is 28.4 Å². The molecule has 0 heterocycles. The van der Waals surface area contributed by atoms with Gasteiger partial charge in [0.1, 0.15) is 6.61 Å². The lowest BCUT2D eigenvalue weighted by atomic mass is 10.2. The number of non-ortho nitro benzene ring substituents is 1. The predicted molar refractivity (Wildman–Crippen MR) is 129 cm³/mol. The van der Waals surface area contributed by atoms with Gasteiger partial charge in [-0.15, -0.1) is 0 Å². The molecule has 3 aromatic carbocycles. The highest BCUT2D eigenvalue weighted by Gasteiger charge is 2.13. The Morgan fingerprint density at radius 2 is 1.85 bits per heavy atom. The zero-order chi connectivity index (χ0) is 23.8. The molecular formula is C23H19BrClN3O5. The summed E-state index contributed by atoms with van der Waals surface area (Å²) in [5.74, 6) is 0.604. The number of amides is 1. The first kappa shape index (κ1) is 24.2. The van der Waals surface area contributed by atoms with Crippen molar-refractivity contribution in [2.75, 3.05) is 6.61 Å². The Morgan fingerprint density at radius 1 is 1.15 bits per heavy atom. The number of benzene rings is 3. The number of carbonyl (C=O) groups is 1. The molecule has 0 saturated heterocycles. The lowest BCUT2D eigenvalue weighted by Gasteiger charge is -2.14. The first-order valence-corrected chi connectivity index (χ1v) is 11.0. The number of ether oxygens (including phenoxy) is 2. The predicted octanol–water partition coefficient (Wildman–Crippen LogP) is 5.75. The smallest absolute Gasteiger partial charge is 0.271 e. The summed E-state index contributed by atoms with van der Waals surface area (Å²) in [5, 5.41) is 15.3. The number of carbonyl (C=O) groups excluding carboxylic acids is 1. The van der Waals surface area contributed by atoms with Gasteiger partial charge in [0.15, 0.2) is 11.5 Å². The van der Waals surface area contributed by atoms with Crippen LogP contribution in [0.15, 0.2) is 70.2 Å². The van der Waals surface area contributed by atoms with E-state index in [-0.39, 0.29) is 18.2 Å². The molecule has 0 spiro atoms.